The van der Waals surface area contributed by atoms with Crippen LogP contribution in [0.2, 0.25) is 0 Å². The van der Waals surface area contributed by atoms with Crippen LogP contribution in [0.5, 0.6) is 0 Å². The third-order valence-electron chi connectivity index (χ3n) is 0. The summed E-state index contributed by atoms with van der Waals surface area (Å²) in [4.78, 5) is 0. The molecule has 0 unspecified atom stereocenters. The van der Waals surface area contributed by atoms with Crippen LogP contribution in [-0.2, 0) is 16.4 Å². The molecular formula is Ce4O3. The fourth-order valence-corrected chi connectivity index (χ4v) is 0. The molecule has 0 aliphatic rings. The Morgan fingerprint density at radius 2 is 0.429 bits per heavy atom. The van der Waals surface area contributed by atoms with Gasteiger partial charge in [0.15, 0.2) is 0 Å². The largest absolute Gasteiger partial charge is 3.00 e. The van der Waals surface area contributed by atoms with E-state index >= 15 is 0 Å². The van der Waals surface area contributed by atoms with Crippen molar-refractivity contribution in [2.45, 2.75) is 0 Å². The van der Waals surface area contributed by atoms with Crippen LogP contribution in [0.4, 0.5) is 0 Å². The van der Waals surface area contributed by atoms with Gasteiger partial charge < -0.3 is 16.4 Å². The predicted molar refractivity (Wildman–Crippen MR) is 2.06 cm³/mol. The molecule has 0 aromatic rings. The van der Waals surface area contributed by atoms with Gasteiger partial charge in [0.05, 0.1) is 0 Å². The molecule has 2 radical (unpaired) electrons. The Kier molecular flexibility index (Phi) is 335. The zero-order chi connectivity index (χ0) is 0. The molecule has 34 valence electrons. The molecule has 0 fully saturated rings. The summed E-state index contributed by atoms with van der Waals surface area (Å²) in [5.74, 6) is 0. The van der Waals surface area contributed by atoms with Gasteiger partial charge in [-0.15, -0.1) is 0 Å². The number of hydrogen-bond acceptors (Lipinski definition) is 0. The van der Waals surface area contributed by atoms with E-state index in [1.54, 1.807) is 0 Å². The fraction of sp³-hybridized carbons (Fsp3) is 0. The second-order valence-corrected chi connectivity index (χ2v) is 0. The summed E-state index contributed by atoms with van der Waals surface area (Å²) in [5.41, 5.74) is 0. The maximum atomic E-state index is 0. The van der Waals surface area contributed by atoms with Gasteiger partial charge in [0.2, 0.25) is 0 Å². The first-order chi connectivity index (χ1) is 0. The molecule has 0 saturated carbocycles. The molecule has 0 saturated heterocycles. The summed E-state index contributed by atoms with van der Waals surface area (Å²) >= 11 is 0. The molecule has 0 rings (SSSR count). The van der Waals surface area contributed by atoms with Crippen LogP contribution in [-0.4, -0.2) is 0 Å². The standard InChI is InChI=1S/4Ce.3O/q;;2*+3;3*-2. The zero-order valence-electron chi connectivity index (χ0n) is 3.22. The van der Waals surface area contributed by atoms with E-state index in [2.05, 4.69) is 0 Å². The van der Waals surface area contributed by atoms with Crippen molar-refractivity contribution in [2.24, 2.45) is 0 Å². The van der Waals surface area contributed by atoms with Crippen LogP contribution in [0.25, 0.3) is 0 Å². The Hall–Kier alpha value is 5.39. The summed E-state index contributed by atoms with van der Waals surface area (Å²) < 4.78 is 0. The van der Waals surface area contributed by atoms with Crippen molar-refractivity contribution in [1.82, 2.24) is 0 Å². The van der Waals surface area contributed by atoms with Crippen LogP contribution in [0.1, 0.15) is 0 Å². The maximum absolute atomic E-state index is 0. The van der Waals surface area contributed by atoms with Crippen molar-refractivity contribution in [2.75, 3.05) is 0 Å². The van der Waals surface area contributed by atoms with E-state index in [1.165, 1.54) is 0 Å². The molecule has 3 nitrogen and oxygen atoms in total. The van der Waals surface area contributed by atoms with Crippen molar-refractivity contribution in [3.05, 3.63) is 0 Å². The summed E-state index contributed by atoms with van der Waals surface area (Å²) in [6, 6.07) is 0. The molecule has 0 aliphatic heterocycles. The van der Waals surface area contributed by atoms with E-state index in [4.69, 9.17) is 0 Å². The minimum absolute atomic E-state index is 0. The second-order valence-electron chi connectivity index (χ2n) is 0. The van der Waals surface area contributed by atoms with Crippen molar-refractivity contribution < 1.29 is 183 Å². The molecule has 0 heterocycles. The molecule has 7 heteroatoms. The van der Waals surface area contributed by atoms with Crippen LogP contribution >= 0.6 is 0 Å². The van der Waals surface area contributed by atoms with Gasteiger partial charge in [-0.05, 0) is 0 Å². The Balaban J connectivity index is 0. The second kappa shape index (κ2) is 42.3. The quantitative estimate of drug-likeness (QED) is 0.360. The number of rotatable bonds is 0. The minimum Gasteiger partial charge on any atom is -2.00 e. The Bertz CT molecular complexity index is 6.90. The fourth-order valence-electron chi connectivity index (χ4n) is 0. The third-order valence-corrected chi connectivity index (χ3v) is 0. The molecule has 7 heavy (non-hydrogen) atoms. The monoisotopic (exact) mass is 608 g/mol. The summed E-state index contributed by atoms with van der Waals surface area (Å²) in [6.45, 7) is 0. The van der Waals surface area contributed by atoms with Gasteiger partial charge in [0.25, 0.3) is 0 Å². The summed E-state index contributed by atoms with van der Waals surface area (Å²) in [5, 5.41) is 0. The van der Waals surface area contributed by atoms with Crippen LogP contribution in [0.15, 0.2) is 0 Å². The van der Waals surface area contributed by atoms with Crippen molar-refractivity contribution in [3.8, 4) is 0 Å². The topological polar surface area (TPSA) is 85.5 Å². The molecule has 0 atom stereocenters. The van der Waals surface area contributed by atoms with E-state index < -0.39 is 0 Å². The van der Waals surface area contributed by atoms with Gasteiger partial charge in [-0.1, -0.05) is 0 Å². The molecule has 0 aromatic heterocycles. The average Bonchev–Trinajstić information content (AvgIpc) is 0. The molecule has 0 aromatic carbocycles. The Morgan fingerprint density at radius 3 is 0.429 bits per heavy atom. The Labute approximate surface area is 177 Å². The van der Waals surface area contributed by atoms with Gasteiger partial charge >= 0.3 is 83.5 Å². The van der Waals surface area contributed by atoms with Gasteiger partial charge in [-0.25, -0.2) is 0 Å². The predicted octanol–water partition coefficient (Wildman–Crippen LogP) is -0.356. The maximum Gasteiger partial charge on any atom is 3.00 e. The molecule has 0 amide bonds. The molecule has 0 spiro atoms. The van der Waals surface area contributed by atoms with E-state index in [1.807, 2.05) is 0 Å². The normalized spacial score (nSPS) is 0. The third kappa shape index (κ3) is 34.6. The minimum atomic E-state index is 0. The van der Waals surface area contributed by atoms with Crippen molar-refractivity contribution in [3.63, 3.8) is 0 Å². The first-order valence-electron chi connectivity index (χ1n) is 0. The first-order valence-corrected chi connectivity index (χ1v) is 0. The van der Waals surface area contributed by atoms with Crippen LogP contribution < -0.4 is 0 Å². The van der Waals surface area contributed by atoms with E-state index in [0.29, 0.717) is 0 Å². The van der Waals surface area contributed by atoms with E-state index in [0.717, 1.165) is 0 Å². The summed E-state index contributed by atoms with van der Waals surface area (Å²) in [7, 11) is 0. The average molecular weight is 608 g/mol. The van der Waals surface area contributed by atoms with Crippen molar-refractivity contribution in [1.29, 1.82) is 0 Å². The van der Waals surface area contributed by atoms with Crippen LogP contribution in [0, 0.1) is 167 Å². The van der Waals surface area contributed by atoms with Gasteiger partial charge in [0.1, 0.15) is 0 Å². The molecule has 0 bridgehead atoms. The Morgan fingerprint density at radius 1 is 0.429 bits per heavy atom. The van der Waals surface area contributed by atoms with Gasteiger partial charge in [0, 0.05) is 83.5 Å². The number of hydrogen-bond donors (Lipinski definition) is 0. The summed E-state index contributed by atoms with van der Waals surface area (Å²) in [6.07, 6.45) is 0. The van der Waals surface area contributed by atoms with Crippen LogP contribution in [0.3, 0.4) is 0 Å². The zero-order valence-corrected chi connectivity index (χ0v) is 15.8. The molecule has 0 aliphatic carbocycles. The SMILES string of the molecule is [Ce+3].[Ce+3].[Ce].[Ce].[O-2].[O-2].[O-2]. The molecular weight excluding hydrogens is 608 g/mol. The van der Waals surface area contributed by atoms with E-state index in [9.17, 15) is 0 Å². The molecule has 0 N–H and O–H groups in total. The van der Waals surface area contributed by atoms with Gasteiger partial charge in [-0.3, -0.25) is 0 Å². The van der Waals surface area contributed by atoms with E-state index in [-0.39, 0.29) is 183 Å². The van der Waals surface area contributed by atoms with Crippen molar-refractivity contribution >= 4 is 0 Å². The first kappa shape index (κ1) is 55.3. The van der Waals surface area contributed by atoms with Gasteiger partial charge in [-0.2, -0.15) is 0 Å². The smallest absolute Gasteiger partial charge is 2.00 e.